The zero-order valence-electron chi connectivity index (χ0n) is 21.2. The molecule has 0 saturated heterocycles. The Morgan fingerprint density at radius 3 is 2.26 bits per heavy atom. The number of aryl methyl sites for hydroxylation is 1. The van der Waals surface area contributed by atoms with E-state index in [-0.39, 0.29) is 11.7 Å². The average molecular weight is 529 g/mol. The topological polar surface area (TPSA) is 85.1 Å². The minimum atomic E-state index is -0.232. The van der Waals surface area contributed by atoms with E-state index in [2.05, 4.69) is 56.0 Å². The van der Waals surface area contributed by atoms with Crippen molar-refractivity contribution in [1.29, 1.82) is 0 Å². The molecular formula is C31H24N6OS. The van der Waals surface area contributed by atoms with Gasteiger partial charge in [-0.2, -0.15) is 5.10 Å². The van der Waals surface area contributed by atoms with Crippen molar-refractivity contribution in [1.82, 2.24) is 25.2 Å². The molecule has 2 aromatic heterocycles. The lowest BCUT2D eigenvalue weighted by molar-refractivity contribution is -0.118. The molecule has 0 saturated carbocycles. The van der Waals surface area contributed by atoms with E-state index in [1.165, 1.54) is 11.8 Å². The maximum Gasteiger partial charge on any atom is 0.250 e. The summed E-state index contributed by atoms with van der Waals surface area (Å²) in [6.07, 6.45) is 5.17. The Kier molecular flexibility index (Phi) is 6.84. The summed E-state index contributed by atoms with van der Waals surface area (Å²) >= 11 is 1.31. The number of pyridine rings is 1. The molecular weight excluding hydrogens is 504 g/mol. The number of nitrogens with zero attached hydrogens (tertiary/aromatic N) is 5. The van der Waals surface area contributed by atoms with Crippen molar-refractivity contribution in [3.8, 4) is 17.1 Å². The first-order chi connectivity index (χ1) is 19.2. The van der Waals surface area contributed by atoms with Crippen LogP contribution >= 0.6 is 11.8 Å². The minimum Gasteiger partial charge on any atom is -0.272 e. The fourth-order valence-electron chi connectivity index (χ4n) is 4.50. The van der Waals surface area contributed by atoms with Gasteiger partial charge in [0.05, 0.1) is 12.0 Å². The predicted octanol–water partition coefficient (Wildman–Crippen LogP) is 6.19. The van der Waals surface area contributed by atoms with Gasteiger partial charge in [0.25, 0.3) is 5.91 Å². The first kappa shape index (κ1) is 24.5. The molecule has 1 N–H and O–H groups in total. The summed E-state index contributed by atoms with van der Waals surface area (Å²) in [4.78, 5) is 16.9. The fraction of sp³-hybridized carbons (Fsp3) is 0.0645. The number of aromatic nitrogens is 4. The Balaban J connectivity index is 1.22. The Morgan fingerprint density at radius 1 is 0.897 bits per heavy atom. The van der Waals surface area contributed by atoms with Crippen LogP contribution in [0.1, 0.15) is 11.1 Å². The van der Waals surface area contributed by atoms with Crippen LogP contribution in [0.25, 0.3) is 38.6 Å². The lowest BCUT2D eigenvalue weighted by Gasteiger charge is -2.10. The number of carbonyl (C=O) groups excluding carboxylic acids is 1. The molecule has 4 aromatic carbocycles. The summed E-state index contributed by atoms with van der Waals surface area (Å²) in [5.74, 6) is 0.586. The summed E-state index contributed by atoms with van der Waals surface area (Å²) in [5.41, 5.74) is 6.61. The maximum absolute atomic E-state index is 12.8. The van der Waals surface area contributed by atoms with Crippen LogP contribution in [0, 0.1) is 6.92 Å². The Labute approximate surface area is 229 Å². The number of fused-ring (bicyclic) bond motifs is 2. The Hall–Kier alpha value is -4.82. The second-order valence-corrected chi connectivity index (χ2v) is 9.97. The maximum atomic E-state index is 12.8. The third-order valence-corrected chi connectivity index (χ3v) is 7.32. The van der Waals surface area contributed by atoms with E-state index >= 15 is 0 Å². The molecule has 39 heavy (non-hydrogen) atoms. The molecule has 6 aromatic rings. The molecule has 0 aliphatic carbocycles. The standard InChI is InChI=1S/C31H24N6OS/c1-21-10-12-25(13-11-21)37-30(22-14-16-32-17-15-22)35-36-31(37)39-20-29(38)34-33-19-28-26-8-4-2-6-23(26)18-24-7-3-5-9-27(24)28/h2-19H,20H2,1H3,(H,34,38). The van der Waals surface area contributed by atoms with E-state index in [0.717, 1.165) is 43.9 Å². The molecule has 0 bridgehead atoms. The molecule has 8 heteroatoms. The van der Waals surface area contributed by atoms with Gasteiger partial charge in [-0.25, -0.2) is 5.43 Å². The molecule has 7 nitrogen and oxygen atoms in total. The molecule has 0 spiro atoms. The number of amides is 1. The lowest BCUT2D eigenvalue weighted by Crippen LogP contribution is -2.20. The van der Waals surface area contributed by atoms with Crippen molar-refractivity contribution in [2.45, 2.75) is 12.1 Å². The average Bonchev–Trinajstić information content (AvgIpc) is 3.40. The molecule has 0 aliphatic rings. The van der Waals surface area contributed by atoms with E-state index in [4.69, 9.17) is 0 Å². The number of hydrogen-bond donors (Lipinski definition) is 1. The number of hydrazone groups is 1. The van der Waals surface area contributed by atoms with Gasteiger partial charge in [0.2, 0.25) is 0 Å². The Bertz CT molecular complexity index is 1760. The first-order valence-corrected chi connectivity index (χ1v) is 13.4. The quantitative estimate of drug-likeness (QED) is 0.116. The van der Waals surface area contributed by atoms with E-state index in [1.54, 1.807) is 18.6 Å². The SMILES string of the molecule is Cc1ccc(-n2c(SCC(=O)NN=Cc3c4ccccc4cc4ccccc34)nnc2-c2ccncc2)cc1. The highest BCUT2D eigenvalue weighted by Gasteiger charge is 2.17. The predicted molar refractivity (Wildman–Crippen MR) is 157 cm³/mol. The normalized spacial score (nSPS) is 11.4. The van der Waals surface area contributed by atoms with Crippen molar-refractivity contribution in [2.24, 2.45) is 5.10 Å². The van der Waals surface area contributed by atoms with Crippen LogP contribution in [0.4, 0.5) is 0 Å². The smallest absolute Gasteiger partial charge is 0.250 e. The van der Waals surface area contributed by atoms with Crippen LogP contribution in [0.5, 0.6) is 0 Å². The van der Waals surface area contributed by atoms with Gasteiger partial charge < -0.3 is 0 Å². The van der Waals surface area contributed by atoms with Gasteiger partial charge in [-0.1, -0.05) is 78.0 Å². The summed E-state index contributed by atoms with van der Waals surface area (Å²) < 4.78 is 1.96. The number of benzene rings is 4. The molecule has 190 valence electrons. The zero-order valence-corrected chi connectivity index (χ0v) is 22.0. The Morgan fingerprint density at radius 2 is 1.56 bits per heavy atom. The molecule has 6 rings (SSSR count). The molecule has 1 amide bonds. The molecule has 0 fully saturated rings. The van der Waals surface area contributed by atoms with Gasteiger partial charge in [-0.3, -0.25) is 14.3 Å². The van der Waals surface area contributed by atoms with Crippen LogP contribution in [0.3, 0.4) is 0 Å². The van der Waals surface area contributed by atoms with Crippen molar-refractivity contribution in [2.75, 3.05) is 5.75 Å². The van der Waals surface area contributed by atoms with Gasteiger partial charge in [0.1, 0.15) is 0 Å². The summed E-state index contributed by atoms with van der Waals surface area (Å²) in [6, 6.07) is 30.4. The van der Waals surface area contributed by atoms with Crippen LogP contribution in [-0.4, -0.2) is 37.6 Å². The van der Waals surface area contributed by atoms with Crippen molar-refractivity contribution < 1.29 is 4.79 Å². The van der Waals surface area contributed by atoms with E-state index in [0.29, 0.717) is 11.0 Å². The highest BCUT2D eigenvalue weighted by atomic mass is 32.2. The molecule has 0 aliphatic heterocycles. The molecule has 0 radical (unpaired) electrons. The van der Waals surface area contributed by atoms with Gasteiger partial charge >= 0.3 is 0 Å². The van der Waals surface area contributed by atoms with Gasteiger partial charge in [0, 0.05) is 29.2 Å². The van der Waals surface area contributed by atoms with E-state index in [1.807, 2.05) is 72.2 Å². The largest absolute Gasteiger partial charge is 0.272 e. The number of hydrogen-bond acceptors (Lipinski definition) is 6. The molecule has 0 unspecified atom stereocenters. The number of nitrogens with one attached hydrogen (secondary N) is 1. The lowest BCUT2D eigenvalue weighted by atomic mass is 9.97. The zero-order chi connectivity index (χ0) is 26.6. The van der Waals surface area contributed by atoms with Crippen molar-refractivity contribution in [3.05, 3.63) is 115 Å². The second-order valence-electron chi connectivity index (χ2n) is 9.03. The van der Waals surface area contributed by atoms with Crippen LogP contribution in [0.2, 0.25) is 0 Å². The number of carbonyl (C=O) groups is 1. The van der Waals surface area contributed by atoms with Crippen LogP contribution < -0.4 is 5.43 Å². The number of thioether (sulfide) groups is 1. The monoisotopic (exact) mass is 528 g/mol. The van der Waals surface area contributed by atoms with Gasteiger partial charge in [-0.15, -0.1) is 10.2 Å². The molecule has 2 heterocycles. The second kappa shape index (κ2) is 10.9. The molecule has 0 atom stereocenters. The highest BCUT2D eigenvalue weighted by Crippen LogP contribution is 2.29. The summed E-state index contributed by atoms with van der Waals surface area (Å²) in [6.45, 7) is 2.04. The number of rotatable bonds is 7. The van der Waals surface area contributed by atoms with E-state index < -0.39 is 0 Å². The highest BCUT2D eigenvalue weighted by molar-refractivity contribution is 7.99. The van der Waals surface area contributed by atoms with Crippen molar-refractivity contribution in [3.63, 3.8) is 0 Å². The van der Waals surface area contributed by atoms with Crippen molar-refractivity contribution >= 4 is 45.4 Å². The summed E-state index contributed by atoms with van der Waals surface area (Å²) in [7, 11) is 0. The third-order valence-electron chi connectivity index (χ3n) is 6.39. The van der Waals surface area contributed by atoms with Gasteiger partial charge in [-0.05, 0) is 58.8 Å². The van der Waals surface area contributed by atoms with E-state index in [9.17, 15) is 4.79 Å². The fourth-order valence-corrected chi connectivity index (χ4v) is 5.24. The minimum absolute atomic E-state index is 0.133. The third kappa shape index (κ3) is 5.15. The first-order valence-electron chi connectivity index (χ1n) is 12.5. The summed E-state index contributed by atoms with van der Waals surface area (Å²) in [5, 5.41) is 18.2. The van der Waals surface area contributed by atoms with Crippen LogP contribution in [-0.2, 0) is 4.79 Å². The van der Waals surface area contributed by atoms with Gasteiger partial charge in [0.15, 0.2) is 11.0 Å². The van der Waals surface area contributed by atoms with Crippen LogP contribution in [0.15, 0.2) is 114 Å².